The van der Waals surface area contributed by atoms with Gasteiger partial charge < -0.3 is 24.8 Å². The van der Waals surface area contributed by atoms with Crippen LogP contribution in [0, 0.1) is 5.92 Å². The number of hydrogen-bond acceptors (Lipinski definition) is 7. The fraction of sp³-hybridized carbons (Fsp3) is 0.429. The Morgan fingerprint density at radius 3 is 2.47 bits per heavy atom. The zero-order valence-corrected chi connectivity index (χ0v) is 28.8. The predicted molar refractivity (Wildman–Crippen MR) is 183 cm³/mol. The Morgan fingerprint density at radius 1 is 1.09 bits per heavy atom. The van der Waals surface area contributed by atoms with Gasteiger partial charge in [-0.25, -0.2) is 8.42 Å². The zero-order valence-electron chi connectivity index (χ0n) is 27.3. The SMILES string of the molecule is C[C@@H]1CCCCO[C@H](CN(C)S(=O)(=O)c2ccc(Cl)cc2)[C@@H](C)CN([C@@H](C)CO)C(=O)c2cc(NC(=O)c3ccccc3)ccc2O1. The molecule has 10 nitrogen and oxygen atoms in total. The van der Waals surface area contributed by atoms with E-state index in [2.05, 4.69) is 5.32 Å². The molecule has 12 heteroatoms. The number of halogens is 1. The van der Waals surface area contributed by atoms with Gasteiger partial charge in [-0.15, -0.1) is 0 Å². The van der Waals surface area contributed by atoms with Crippen LogP contribution in [0.1, 0.15) is 60.7 Å². The number of aliphatic hydroxyl groups excluding tert-OH is 1. The van der Waals surface area contributed by atoms with Gasteiger partial charge >= 0.3 is 0 Å². The van der Waals surface area contributed by atoms with Gasteiger partial charge in [-0.2, -0.15) is 4.31 Å². The van der Waals surface area contributed by atoms with Gasteiger partial charge in [0.15, 0.2) is 0 Å². The van der Waals surface area contributed by atoms with Crippen LogP contribution < -0.4 is 10.1 Å². The second-order valence-electron chi connectivity index (χ2n) is 12.1. The van der Waals surface area contributed by atoms with Crippen molar-refractivity contribution in [2.24, 2.45) is 5.92 Å². The van der Waals surface area contributed by atoms with Gasteiger partial charge in [0.1, 0.15) is 5.75 Å². The van der Waals surface area contributed by atoms with Gasteiger partial charge in [-0.1, -0.05) is 36.7 Å². The molecule has 1 aliphatic rings. The normalized spacial score (nSPS) is 20.5. The van der Waals surface area contributed by atoms with E-state index >= 15 is 0 Å². The van der Waals surface area contributed by atoms with Crippen LogP contribution in [0.3, 0.4) is 0 Å². The molecule has 0 saturated carbocycles. The van der Waals surface area contributed by atoms with Crippen molar-refractivity contribution in [1.29, 1.82) is 0 Å². The van der Waals surface area contributed by atoms with E-state index in [1.807, 2.05) is 19.9 Å². The van der Waals surface area contributed by atoms with E-state index in [9.17, 15) is 23.1 Å². The number of hydrogen-bond donors (Lipinski definition) is 2. The summed E-state index contributed by atoms with van der Waals surface area (Å²) in [5, 5.41) is 13.5. The highest BCUT2D eigenvalue weighted by molar-refractivity contribution is 7.89. The Morgan fingerprint density at radius 2 is 1.79 bits per heavy atom. The molecule has 1 heterocycles. The largest absolute Gasteiger partial charge is 0.490 e. The number of anilines is 1. The molecular weight excluding hydrogens is 642 g/mol. The third-order valence-electron chi connectivity index (χ3n) is 8.30. The topological polar surface area (TPSA) is 125 Å². The molecule has 4 rings (SSSR count). The van der Waals surface area contributed by atoms with Crippen molar-refractivity contribution in [3.05, 3.63) is 88.9 Å². The minimum absolute atomic E-state index is 0.0490. The van der Waals surface area contributed by atoms with Crippen molar-refractivity contribution < 1.29 is 32.6 Å². The van der Waals surface area contributed by atoms with Crippen molar-refractivity contribution in [2.75, 3.05) is 38.7 Å². The molecule has 2 N–H and O–H groups in total. The number of aliphatic hydroxyl groups is 1. The number of fused-ring (bicyclic) bond motifs is 1. The maximum atomic E-state index is 14.3. The first-order valence-electron chi connectivity index (χ1n) is 15.8. The molecule has 0 spiro atoms. The summed E-state index contributed by atoms with van der Waals surface area (Å²) in [5.41, 5.74) is 1.14. The van der Waals surface area contributed by atoms with Crippen molar-refractivity contribution in [2.45, 2.75) is 63.2 Å². The summed E-state index contributed by atoms with van der Waals surface area (Å²) in [7, 11) is -2.34. The average molecular weight is 686 g/mol. The lowest BCUT2D eigenvalue weighted by atomic mass is 10.0. The van der Waals surface area contributed by atoms with Gasteiger partial charge in [-0.3, -0.25) is 9.59 Å². The monoisotopic (exact) mass is 685 g/mol. The highest BCUT2D eigenvalue weighted by atomic mass is 35.5. The third kappa shape index (κ3) is 9.55. The van der Waals surface area contributed by atoms with Crippen molar-refractivity contribution in [3.63, 3.8) is 0 Å². The van der Waals surface area contributed by atoms with Crippen LogP contribution in [0.2, 0.25) is 5.02 Å². The molecule has 254 valence electrons. The van der Waals surface area contributed by atoms with E-state index in [-0.39, 0.29) is 48.1 Å². The number of nitrogens with one attached hydrogen (secondary N) is 1. The van der Waals surface area contributed by atoms with E-state index in [4.69, 9.17) is 21.1 Å². The predicted octanol–water partition coefficient (Wildman–Crippen LogP) is 5.71. The quantitative estimate of drug-likeness (QED) is 0.311. The Labute approximate surface area is 282 Å². The summed E-state index contributed by atoms with van der Waals surface area (Å²) in [6.45, 7) is 5.89. The lowest BCUT2D eigenvalue weighted by molar-refractivity contribution is -0.00834. The summed E-state index contributed by atoms with van der Waals surface area (Å²) in [5.74, 6) is -0.668. The Bertz CT molecular complexity index is 1610. The number of carbonyl (C=O) groups excluding carboxylic acids is 2. The molecular formula is C35H44ClN3O7S. The van der Waals surface area contributed by atoms with Gasteiger partial charge in [0.05, 0.1) is 35.3 Å². The van der Waals surface area contributed by atoms with Gasteiger partial charge in [0.2, 0.25) is 10.0 Å². The summed E-state index contributed by atoms with van der Waals surface area (Å²) in [6.07, 6.45) is 1.45. The van der Waals surface area contributed by atoms with Crippen molar-refractivity contribution in [1.82, 2.24) is 9.21 Å². The van der Waals surface area contributed by atoms with Crippen LogP contribution in [0.5, 0.6) is 5.75 Å². The molecule has 0 unspecified atom stereocenters. The number of nitrogens with zero attached hydrogens (tertiary/aromatic N) is 2. The Balaban J connectivity index is 1.65. The number of rotatable bonds is 8. The van der Waals surface area contributed by atoms with E-state index in [1.54, 1.807) is 54.3 Å². The molecule has 0 fully saturated rings. The number of sulfonamides is 1. The molecule has 2 amide bonds. The fourth-order valence-electron chi connectivity index (χ4n) is 5.39. The molecule has 4 atom stereocenters. The molecule has 1 aliphatic heterocycles. The second kappa shape index (κ2) is 16.6. The van der Waals surface area contributed by atoms with Gasteiger partial charge in [-0.05, 0) is 87.7 Å². The molecule has 0 saturated heterocycles. The third-order valence-corrected chi connectivity index (χ3v) is 10.4. The summed E-state index contributed by atoms with van der Waals surface area (Å²) >= 11 is 5.98. The molecule has 3 aromatic carbocycles. The van der Waals surface area contributed by atoms with Crippen molar-refractivity contribution in [3.8, 4) is 5.75 Å². The maximum Gasteiger partial charge on any atom is 0.258 e. The number of benzene rings is 3. The molecule has 0 aliphatic carbocycles. The Hall–Kier alpha value is -3.48. The highest BCUT2D eigenvalue weighted by Crippen LogP contribution is 2.29. The number of amides is 2. The molecule has 0 bridgehead atoms. The molecule has 47 heavy (non-hydrogen) atoms. The van der Waals surface area contributed by atoms with Crippen LogP contribution in [-0.2, 0) is 14.8 Å². The fourth-order valence-corrected chi connectivity index (χ4v) is 6.70. The maximum absolute atomic E-state index is 14.3. The summed E-state index contributed by atoms with van der Waals surface area (Å²) < 4.78 is 40.7. The summed E-state index contributed by atoms with van der Waals surface area (Å²) in [4.78, 5) is 28.9. The van der Waals surface area contributed by atoms with Crippen LogP contribution in [0.4, 0.5) is 5.69 Å². The van der Waals surface area contributed by atoms with Crippen LogP contribution in [0.15, 0.2) is 77.7 Å². The minimum Gasteiger partial charge on any atom is -0.490 e. The van der Waals surface area contributed by atoms with E-state index in [1.165, 1.54) is 35.6 Å². The first kappa shape index (κ1) is 36.4. The van der Waals surface area contributed by atoms with Gasteiger partial charge in [0.25, 0.3) is 11.8 Å². The first-order valence-corrected chi connectivity index (χ1v) is 17.6. The lowest BCUT2D eigenvalue weighted by Crippen LogP contribution is -2.48. The lowest BCUT2D eigenvalue weighted by Gasteiger charge is -2.35. The van der Waals surface area contributed by atoms with E-state index in [0.717, 1.165) is 12.8 Å². The van der Waals surface area contributed by atoms with Crippen molar-refractivity contribution >= 4 is 39.1 Å². The van der Waals surface area contributed by atoms with Gasteiger partial charge in [0, 0.05) is 48.9 Å². The molecule has 3 aromatic rings. The van der Waals surface area contributed by atoms with Crippen LogP contribution in [-0.4, -0.2) is 86.1 Å². The second-order valence-corrected chi connectivity index (χ2v) is 14.6. The highest BCUT2D eigenvalue weighted by Gasteiger charge is 2.32. The number of likely N-dealkylation sites (N-methyl/N-ethyl adjacent to an activating group) is 1. The molecule has 0 radical (unpaired) electrons. The standard InChI is InChI=1S/C35H44ClN3O7S/c1-24-21-39(25(2)23-40)35(42)31-20-29(37-34(41)27-11-6-5-7-12-27)15-18-32(31)46-26(3)10-8-9-19-45-33(24)22-38(4)47(43,44)30-16-13-28(36)14-17-30/h5-7,11-18,20,24-26,33,40H,8-10,19,21-23H2,1-4H3,(H,37,41)/t24-,25-,26+,33+/m0/s1. The van der Waals surface area contributed by atoms with E-state index in [0.29, 0.717) is 35.1 Å². The minimum atomic E-state index is -3.84. The number of carbonyl (C=O) groups is 2. The zero-order chi connectivity index (χ0) is 34.1. The van der Waals surface area contributed by atoms with Crippen LogP contribution >= 0.6 is 11.6 Å². The summed E-state index contributed by atoms with van der Waals surface area (Å²) in [6, 6.07) is 19.2. The Kier molecular flexibility index (Phi) is 12.8. The number of ether oxygens (including phenoxy) is 2. The molecule has 0 aromatic heterocycles. The van der Waals surface area contributed by atoms with E-state index < -0.39 is 28.1 Å². The average Bonchev–Trinajstić information content (AvgIpc) is 3.06. The van der Waals surface area contributed by atoms with Crippen LogP contribution in [0.25, 0.3) is 0 Å². The smallest absolute Gasteiger partial charge is 0.258 e. The first-order chi connectivity index (χ1) is 22.4.